The molecule has 0 radical (unpaired) electrons. The van der Waals surface area contributed by atoms with Crippen LogP contribution in [0.2, 0.25) is 0 Å². The molecule has 0 amide bonds. The number of carbonyl (C=O) groups is 1. The highest BCUT2D eigenvalue weighted by Crippen LogP contribution is 2.56. The number of rotatable bonds is 2. The van der Waals surface area contributed by atoms with E-state index in [0.717, 1.165) is 0 Å². The molecule has 4 heteroatoms. The molecule has 1 aliphatic rings. The predicted octanol–water partition coefficient (Wildman–Crippen LogP) is 1.36. The van der Waals surface area contributed by atoms with Gasteiger partial charge in [0.05, 0.1) is 6.42 Å². The third-order valence-electron chi connectivity index (χ3n) is 1.99. The lowest BCUT2D eigenvalue weighted by atomic mass is 10.2. The summed E-state index contributed by atoms with van der Waals surface area (Å²) in [6.45, 7) is 1.37. The molecule has 1 aliphatic carbocycles. The van der Waals surface area contributed by atoms with Gasteiger partial charge in [-0.1, -0.05) is 6.92 Å². The van der Waals surface area contributed by atoms with Gasteiger partial charge in [0.2, 0.25) is 0 Å². The van der Waals surface area contributed by atoms with Gasteiger partial charge in [-0.25, -0.2) is 8.78 Å². The topological polar surface area (TPSA) is 37.3 Å². The van der Waals surface area contributed by atoms with Gasteiger partial charge in [0.15, 0.2) is 0 Å². The summed E-state index contributed by atoms with van der Waals surface area (Å²) in [6, 6.07) is 0. The highest BCUT2D eigenvalue weighted by Gasteiger charge is 2.65. The summed E-state index contributed by atoms with van der Waals surface area (Å²) in [7, 11) is 0. The largest absolute Gasteiger partial charge is 0.481 e. The van der Waals surface area contributed by atoms with E-state index in [-0.39, 0.29) is 0 Å². The van der Waals surface area contributed by atoms with E-state index in [0.29, 0.717) is 0 Å². The van der Waals surface area contributed by atoms with E-state index in [9.17, 15) is 13.6 Å². The Labute approximate surface area is 56.8 Å². The molecule has 1 saturated carbocycles. The average molecular weight is 150 g/mol. The highest BCUT2D eigenvalue weighted by molar-refractivity contribution is 5.68. The zero-order valence-corrected chi connectivity index (χ0v) is 5.47. The summed E-state index contributed by atoms with van der Waals surface area (Å²) in [6.07, 6.45) is -0.409. The summed E-state index contributed by atoms with van der Waals surface area (Å²) < 4.78 is 24.6. The first-order chi connectivity index (χ1) is 4.46. The summed E-state index contributed by atoms with van der Waals surface area (Å²) in [4.78, 5) is 9.95. The van der Waals surface area contributed by atoms with Crippen molar-refractivity contribution in [2.75, 3.05) is 0 Å². The quantitative estimate of drug-likeness (QED) is 0.645. The van der Waals surface area contributed by atoms with E-state index in [1.165, 1.54) is 6.92 Å². The zero-order valence-electron chi connectivity index (χ0n) is 5.47. The van der Waals surface area contributed by atoms with Crippen molar-refractivity contribution in [1.29, 1.82) is 0 Å². The second-order valence-electron chi connectivity index (χ2n) is 2.67. The Bertz CT molecular complexity index is 167. The van der Waals surface area contributed by atoms with Crippen molar-refractivity contribution in [3.63, 3.8) is 0 Å². The number of halogens is 2. The second-order valence-corrected chi connectivity index (χ2v) is 2.67. The minimum absolute atomic E-state index is 0.409. The van der Waals surface area contributed by atoms with Crippen LogP contribution < -0.4 is 0 Å². The molecule has 1 fully saturated rings. The number of hydrogen-bond acceptors (Lipinski definition) is 1. The lowest BCUT2D eigenvalue weighted by Gasteiger charge is -1.90. The van der Waals surface area contributed by atoms with Gasteiger partial charge in [0, 0.05) is 11.8 Å². The predicted molar refractivity (Wildman–Crippen MR) is 29.9 cm³/mol. The first-order valence-corrected chi connectivity index (χ1v) is 3.06. The molecule has 0 bridgehead atoms. The molecular weight excluding hydrogens is 142 g/mol. The maximum Gasteiger partial charge on any atom is 0.303 e. The van der Waals surface area contributed by atoms with E-state index >= 15 is 0 Å². The van der Waals surface area contributed by atoms with Gasteiger partial charge >= 0.3 is 5.97 Å². The molecule has 0 heterocycles. The van der Waals surface area contributed by atoms with Gasteiger partial charge in [-0.15, -0.1) is 0 Å². The fourth-order valence-corrected chi connectivity index (χ4v) is 1.06. The maximum absolute atomic E-state index is 12.3. The second kappa shape index (κ2) is 1.90. The van der Waals surface area contributed by atoms with Crippen LogP contribution in [0.5, 0.6) is 0 Å². The van der Waals surface area contributed by atoms with Gasteiger partial charge in [0.1, 0.15) is 0 Å². The van der Waals surface area contributed by atoms with Crippen molar-refractivity contribution in [3.8, 4) is 0 Å². The van der Waals surface area contributed by atoms with Crippen LogP contribution in [0.3, 0.4) is 0 Å². The van der Waals surface area contributed by atoms with E-state index in [1.54, 1.807) is 0 Å². The molecule has 0 saturated heterocycles. The minimum Gasteiger partial charge on any atom is -0.481 e. The minimum atomic E-state index is -2.72. The van der Waals surface area contributed by atoms with Crippen molar-refractivity contribution in [1.82, 2.24) is 0 Å². The first kappa shape index (κ1) is 7.44. The molecule has 1 N–H and O–H groups in total. The Kier molecular flexibility index (Phi) is 1.42. The number of carboxylic acid groups (broad SMARTS) is 1. The van der Waals surface area contributed by atoms with Crippen molar-refractivity contribution in [2.45, 2.75) is 19.3 Å². The highest BCUT2D eigenvalue weighted by atomic mass is 19.3. The Morgan fingerprint density at radius 1 is 1.70 bits per heavy atom. The van der Waals surface area contributed by atoms with Gasteiger partial charge in [-0.05, 0) is 0 Å². The molecule has 0 aromatic rings. The smallest absolute Gasteiger partial charge is 0.303 e. The summed E-state index contributed by atoms with van der Waals surface area (Å²) in [5.41, 5.74) is 0. The standard InChI is InChI=1S/C6H8F2O2/c1-3-4(2-5(9)10)6(3,7)8/h3-4H,2H2,1H3,(H,9,10)/t3-,4-/m1/s1. The molecule has 0 unspecified atom stereocenters. The Balaban J connectivity index is 2.42. The average Bonchev–Trinajstić information content (AvgIpc) is 2.17. The van der Waals surface area contributed by atoms with Crippen LogP contribution in [0.15, 0.2) is 0 Å². The van der Waals surface area contributed by atoms with Crippen molar-refractivity contribution in [2.24, 2.45) is 11.8 Å². The van der Waals surface area contributed by atoms with Gasteiger partial charge in [0.25, 0.3) is 5.92 Å². The molecule has 0 spiro atoms. The summed E-state index contributed by atoms with van der Waals surface area (Å²) >= 11 is 0. The van der Waals surface area contributed by atoms with Gasteiger partial charge in [-0.2, -0.15) is 0 Å². The molecule has 2 nitrogen and oxygen atoms in total. The molecule has 0 aromatic heterocycles. The lowest BCUT2D eigenvalue weighted by Crippen LogP contribution is -2.01. The zero-order chi connectivity index (χ0) is 7.94. The molecule has 0 aliphatic heterocycles. The molecule has 10 heavy (non-hydrogen) atoms. The maximum atomic E-state index is 12.3. The molecule has 1 rings (SSSR count). The van der Waals surface area contributed by atoms with Gasteiger partial charge < -0.3 is 5.11 Å². The molecule has 58 valence electrons. The van der Waals surface area contributed by atoms with E-state index in [1.807, 2.05) is 0 Å². The Morgan fingerprint density at radius 3 is 2.20 bits per heavy atom. The molecule has 0 aromatic carbocycles. The van der Waals surface area contributed by atoms with E-state index in [4.69, 9.17) is 5.11 Å². The Morgan fingerprint density at radius 2 is 2.10 bits per heavy atom. The third kappa shape index (κ3) is 0.978. The fourth-order valence-electron chi connectivity index (χ4n) is 1.06. The van der Waals surface area contributed by atoms with Gasteiger partial charge in [-0.3, -0.25) is 4.79 Å². The van der Waals surface area contributed by atoms with Crippen LogP contribution in [0.25, 0.3) is 0 Å². The molecule has 2 atom stereocenters. The monoisotopic (exact) mass is 150 g/mol. The van der Waals surface area contributed by atoms with Crippen molar-refractivity contribution < 1.29 is 18.7 Å². The van der Waals surface area contributed by atoms with Crippen LogP contribution in [-0.2, 0) is 4.79 Å². The van der Waals surface area contributed by atoms with E-state index in [2.05, 4.69) is 0 Å². The van der Waals surface area contributed by atoms with Crippen LogP contribution in [0.4, 0.5) is 8.78 Å². The molecular formula is C6H8F2O2. The van der Waals surface area contributed by atoms with Crippen LogP contribution >= 0.6 is 0 Å². The van der Waals surface area contributed by atoms with E-state index < -0.39 is 30.1 Å². The van der Waals surface area contributed by atoms with Crippen LogP contribution in [-0.4, -0.2) is 17.0 Å². The third-order valence-corrected chi connectivity index (χ3v) is 1.99. The number of hydrogen-bond donors (Lipinski definition) is 1. The SMILES string of the molecule is C[C@@H]1[C@@H](CC(=O)O)C1(F)F. The first-order valence-electron chi connectivity index (χ1n) is 3.06. The number of alkyl halides is 2. The fraction of sp³-hybridized carbons (Fsp3) is 0.833. The van der Waals surface area contributed by atoms with Crippen molar-refractivity contribution in [3.05, 3.63) is 0 Å². The van der Waals surface area contributed by atoms with Crippen LogP contribution in [0.1, 0.15) is 13.3 Å². The summed E-state index contributed by atoms with van der Waals surface area (Å²) in [5.74, 6) is -5.54. The number of carboxylic acids is 1. The normalized spacial score (nSPS) is 35.5. The van der Waals surface area contributed by atoms with Crippen LogP contribution in [0, 0.1) is 11.8 Å². The number of aliphatic carboxylic acids is 1. The Hall–Kier alpha value is -0.670. The van der Waals surface area contributed by atoms with Crippen molar-refractivity contribution >= 4 is 5.97 Å². The lowest BCUT2D eigenvalue weighted by molar-refractivity contribution is -0.138. The summed E-state index contributed by atoms with van der Waals surface area (Å²) in [5, 5.41) is 8.14.